The molecule has 6 nitrogen and oxygen atoms in total. The highest BCUT2D eigenvalue weighted by molar-refractivity contribution is 7.22. The van der Waals surface area contributed by atoms with Crippen molar-refractivity contribution >= 4 is 38.2 Å². The van der Waals surface area contributed by atoms with Crippen molar-refractivity contribution in [1.82, 2.24) is 19.4 Å². The van der Waals surface area contributed by atoms with Gasteiger partial charge in [-0.3, -0.25) is 10.1 Å². The van der Waals surface area contributed by atoms with E-state index in [2.05, 4.69) is 27.4 Å². The predicted octanol–water partition coefficient (Wildman–Crippen LogP) is 3.47. The Bertz CT molecular complexity index is 1110. The molecule has 1 aromatic carbocycles. The van der Waals surface area contributed by atoms with Crippen molar-refractivity contribution in [3.8, 4) is 0 Å². The van der Waals surface area contributed by atoms with Gasteiger partial charge in [-0.15, -0.1) is 0 Å². The third kappa shape index (κ3) is 2.39. The summed E-state index contributed by atoms with van der Waals surface area (Å²) in [6.07, 6.45) is 11.4. The molecular weight excluding hydrogens is 334 g/mol. The summed E-state index contributed by atoms with van der Waals surface area (Å²) in [5.74, 6) is -0.287. The number of rotatable bonds is 2. The molecule has 1 amide bonds. The Morgan fingerprint density at radius 1 is 1.12 bits per heavy atom. The second-order valence-corrected chi connectivity index (χ2v) is 7.19. The van der Waals surface area contributed by atoms with Crippen LogP contribution in [0.5, 0.6) is 0 Å². The summed E-state index contributed by atoms with van der Waals surface area (Å²) in [4.78, 5) is 25.7. The average Bonchev–Trinajstić information content (AvgIpc) is 3.27. The van der Waals surface area contributed by atoms with E-state index in [0.29, 0.717) is 16.5 Å². The number of nitrogens with one attached hydrogen (secondary N) is 1. The van der Waals surface area contributed by atoms with Crippen LogP contribution < -0.4 is 5.32 Å². The molecule has 0 radical (unpaired) electrons. The molecule has 3 aromatic heterocycles. The normalized spacial score (nSPS) is 13.9. The summed E-state index contributed by atoms with van der Waals surface area (Å²) >= 11 is 1.50. The monoisotopic (exact) mass is 349 g/mol. The fraction of sp³-hybridized carbons (Fsp3) is 0.222. The summed E-state index contributed by atoms with van der Waals surface area (Å²) in [7, 11) is 0. The minimum absolute atomic E-state index is 0.287. The molecule has 0 fully saturated rings. The zero-order valence-corrected chi connectivity index (χ0v) is 14.2. The number of imidazole rings is 1. The molecule has 1 aliphatic rings. The van der Waals surface area contributed by atoms with Crippen LogP contribution in [-0.4, -0.2) is 25.3 Å². The van der Waals surface area contributed by atoms with Gasteiger partial charge in [0.05, 0.1) is 10.2 Å². The van der Waals surface area contributed by atoms with Crippen LogP contribution in [0.1, 0.15) is 34.5 Å². The van der Waals surface area contributed by atoms with Crippen molar-refractivity contribution in [2.75, 3.05) is 5.32 Å². The topological polar surface area (TPSA) is 72.2 Å². The van der Waals surface area contributed by atoms with E-state index in [-0.39, 0.29) is 5.91 Å². The van der Waals surface area contributed by atoms with E-state index in [1.54, 1.807) is 29.2 Å². The smallest absolute Gasteiger partial charge is 0.279 e. The van der Waals surface area contributed by atoms with Gasteiger partial charge in [-0.25, -0.2) is 15.0 Å². The van der Waals surface area contributed by atoms with Gasteiger partial charge in [0.25, 0.3) is 5.91 Å². The fourth-order valence-corrected chi connectivity index (χ4v) is 4.34. The Hall–Kier alpha value is -2.80. The van der Waals surface area contributed by atoms with Crippen molar-refractivity contribution in [1.29, 1.82) is 0 Å². The Morgan fingerprint density at radius 3 is 2.88 bits per heavy atom. The number of anilines is 1. The second kappa shape index (κ2) is 5.63. The van der Waals surface area contributed by atoms with Gasteiger partial charge in [-0.05, 0) is 42.9 Å². The summed E-state index contributed by atoms with van der Waals surface area (Å²) in [5, 5.41) is 3.49. The van der Waals surface area contributed by atoms with E-state index < -0.39 is 0 Å². The fourth-order valence-electron chi connectivity index (χ4n) is 3.44. The van der Waals surface area contributed by atoms with E-state index in [9.17, 15) is 4.79 Å². The predicted molar refractivity (Wildman–Crippen MR) is 97.2 cm³/mol. The lowest BCUT2D eigenvalue weighted by atomic mass is 9.91. The highest BCUT2D eigenvalue weighted by atomic mass is 32.1. The van der Waals surface area contributed by atoms with Crippen molar-refractivity contribution < 1.29 is 4.79 Å². The molecule has 25 heavy (non-hydrogen) atoms. The third-order valence-corrected chi connectivity index (χ3v) is 5.57. The number of hydrogen-bond acceptors (Lipinski definition) is 5. The highest BCUT2D eigenvalue weighted by Gasteiger charge is 2.18. The van der Waals surface area contributed by atoms with Gasteiger partial charge in [-0.2, -0.15) is 0 Å². The molecule has 0 unspecified atom stereocenters. The molecule has 5 rings (SSSR count). The maximum absolute atomic E-state index is 12.6. The molecule has 0 aliphatic heterocycles. The molecule has 124 valence electrons. The first-order chi connectivity index (χ1) is 12.3. The van der Waals surface area contributed by atoms with E-state index in [4.69, 9.17) is 4.98 Å². The van der Waals surface area contributed by atoms with Gasteiger partial charge in [-0.1, -0.05) is 17.4 Å². The minimum Gasteiger partial charge on any atom is -0.304 e. The van der Waals surface area contributed by atoms with Gasteiger partial charge >= 0.3 is 0 Å². The van der Waals surface area contributed by atoms with Gasteiger partial charge in [0.1, 0.15) is 0 Å². The van der Waals surface area contributed by atoms with Crippen LogP contribution in [0.2, 0.25) is 0 Å². The lowest BCUT2D eigenvalue weighted by Gasteiger charge is -2.15. The van der Waals surface area contributed by atoms with Crippen molar-refractivity contribution in [3.63, 3.8) is 0 Å². The lowest BCUT2D eigenvalue weighted by Crippen LogP contribution is -2.15. The highest BCUT2D eigenvalue weighted by Crippen LogP contribution is 2.33. The molecule has 3 heterocycles. The second-order valence-electron chi connectivity index (χ2n) is 6.16. The van der Waals surface area contributed by atoms with Crippen LogP contribution in [0, 0.1) is 0 Å². The number of amides is 1. The van der Waals surface area contributed by atoms with E-state index >= 15 is 0 Å². The van der Waals surface area contributed by atoms with Crippen molar-refractivity contribution in [2.24, 2.45) is 0 Å². The number of aromatic nitrogens is 4. The number of aryl methyl sites for hydroxylation is 2. The zero-order valence-electron chi connectivity index (χ0n) is 13.4. The Balaban J connectivity index is 1.51. The number of hydrogen-bond donors (Lipinski definition) is 1. The molecule has 1 N–H and O–H groups in total. The van der Waals surface area contributed by atoms with Crippen molar-refractivity contribution in [2.45, 2.75) is 25.7 Å². The Labute approximate surface area is 147 Å². The standard InChI is InChI=1S/C18H15N5OS/c24-17(15-16-20-8-10-23(16)9-7-19-15)22-18-21-14-12-4-2-1-3-11(12)5-6-13(14)25-18/h5-10H,1-4H2,(H,21,22,24). The SMILES string of the molecule is O=C(Nc1nc2c3c(ccc2s1)CCCC3)c1nccn2ccnc12. The van der Waals surface area contributed by atoms with Crippen LogP contribution in [0.4, 0.5) is 5.13 Å². The molecule has 0 spiro atoms. The first kappa shape index (κ1) is 14.5. The number of nitrogens with zero attached hydrogens (tertiary/aromatic N) is 4. The quantitative estimate of drug-likeness (QED) is 0.601. The average molecular weight is 349 g/mol. The number of fused-ring (bicyclic) bond motifs is 4. The van der Waals surface area contributed by atoms with Crippen LogP contribution in [-0.2, 0) is 12.8 Å². The third-order valence-electron chi connectivity index (χ3n) is 4.63. The maximum Gasteiger partial charge on any atom is 0.279 e. The van der Waals surface area contributed by atoms with Gasteiger partial charge < -0.3 is 4.40 Å². The first-order valence-electron chi connectivity index (χ1n) is 8.30. The van der Waals surface area contributed by atoms with Crippen LogP contribution in [0.15, 0.2) is 36.9 Å². The van der Waals surface area contributed by atoms with Gasteiger partial charge in [0.2, 0.25) is 0 Å². The molecule has 0 saturated heterocycles. The molecule has 7 heteroatoms. The molecule has 1 aliphatic carbocycles. The van der Waals surface area contributed by atoms with Gasteiger partial charge in [0, 0.05) is 24.8 Å². The largest absolute Gasteiger partial charge is 0.304 e. The summed E-state index contributed by atoms with van der Waals surface area (Å²) in [6.45, 7) is 0. The number of benzene rings is 1. The number of carbonyl (C=O) groups excluding carboxylic acids is 1. The van der Waals surface area contributed by atoms with Crippen molar-refractivity contribution in [3.05, 3.63) is 53.7 Å². The summed E-state index contributed by atoms with van der Waals surface area (Å²) in [5.41, 5.74) is 4.61. The van der Waals surface area contributed by atoms with E-state index in [1.807, 2.05) is 0 Å². The van der Waals surface area contributed by atoms with E-state index in [0.717, 1.165) is 23.1 Å². The molecule has 0 saturated carbocycles. The Morgan fingerprint density at radius 2 is 1.96 bits per heavy atom. The van der Waals surface area contributed by atoms with Crippen LogP contribution in [0.25, 0.3) is 15.9 Å². The molecular formula is C18H15N5OS. The lowest BCUT2D eigenvalue weighted by molar-refractivity contribution is 0.102. The minimum atomic E-state index is -0.287. The number of carbonyl (C=O) groups is 1. The first-order valence-corrected chi connectivity index (χ1v) is 9.11. The molecule has 0 bridgehead atoms. The molecule has 4 aromatic rings. The Kier molecular flexibility index (Phi) is 3.27. The summed E-state index contributed by atoms with van der Waals surface area (Å²) in [6, 6.07) is 4.31. The summed E-state index contributed by atoms with van der Waals surface area (Å²) < 4.78 is 2.89. The zero-order chi connectivity index (χ0) is 16.8. The van der Waals surface area contributed by atoms with Gasteiger partial charge in [0.15, 0.2) is 16.5 Å². The molecule has 0 atom stereocenters. The van der Waals surface area contributed by atoms with Crippen LogP contribution >= 0.6 is 11.3 Å². The number of thiazole rings is 1. The van der Waals surface area contributed by atoms with Crippen LogP contribution in [0.3, 0.4) is 0 Å². The maximum atomic E-state index is 12.6. The van der Waals surface area contributed by atoms with E-state index in [1.165, 1.54) is 35.3 Å².